The Kier molecular flexibility index (Phi) is 4.35. The Morgan fingerprint density at radius 3 is 2.81 bits per heavy atom. The van der Waals surface area contributed by atoms with Crippen LogP contribution in [0.4, 0.5) is 5.69 Å². The zero-order valence-corrected chi connectivity index (χ0v) is 13.4. The first-order chi connectivity index (χ1) is 9.87. The number of allylic oxidation sites excluding steroid dienone is 2. The van der Waals surface area contributed by atoms with Crippen molar-refractivity contribution in [2.45, 2.75) is 34.6 Å². The van der Waals surface area contributed by atoms with E-state index < -0.39 is 0 Å². The molecule has 0 unspecified atom stereocenters. The summed E-state index contributed by atoms with van der Waals surface area (Å²) in [6.07, 6.45) is 3.85. The van der Waals surface area contributed by atoms with E-state index in [1.807, 2.05) is 13.0 Å². The Morgan fingerprint density at radius 1 is 1.48 bits per heavy atom. The maximum atomic E-state index is 12.5. The zero-order chi connectivity index (χ0) is 15.6. The van der Waals surface area contributed by atoms with Crippen molar-refractivity contribution in [3.63, 3.8) is 0 Å². The normalized spacial score (nSPS) is 22.3. The number of amides is 1. The van der Waals surface area contributed by atoms with Crippen LogP contribution in [0.25, 0.3) is 0 Å². The van der Waals surface area contributed by atoms with E-state index in [2.05, 4.69) is 44.1 Å². The van der Waals surface area contributed by atoms with Gasteiger partial charge in [-0.25, -0.2) is 4.98 Å². The van der Waals surface area contributed by atoms with Crippen LogP contribution in [0.3, 0.4) is 0 Å². The van der Waals surface area contributed by atoms with Gasteiger partial charge in [-0.2, -0.15) is 0 Å². The highest BCUT2D eigenvalue weighted by atomic mass is 16.5. The average Bonchev–Trinajstić information content (AvgIpc) is 2.92. The SMILES string of the molecule is CCOc1ncccc1NC(=O)[C@@H]1[C@H](C=C(C)C)C1(C)C. The quantitative estimate of drug-likeness (QED) is 0.841. The Morgan fingerprint density at radius 2 is 2.19 bits per heavy atom. The van der Waals surface area contributed by atoms with Gasteiger partial charge in [0.15, 0.2) is 0 Å². The van der Waals surface area contributed by atoms with Crippen molar-refractivity contribution in [3.05, 3.63) is 30.0 Å². The van der Waals surface area contributed by atoms with Gasteiger partial charge in [0, 0.05) is 6.20 Å². The molecule has 0 aliphatic heterocycles. The summed E-state index contributed by atoms with van der Waals surface area (Å²) in [6, 6.07) is 3.62. The Balaban J connectivity index is 2.11. The summed E-state index contributed by atoms with van der Waals surface area (Å²) in [5, 5.41) is 2.96. The van der Waals surface area contributed by atoms with Crippen molar-refractivity contribution >= 4 is 11.6 Å². The number of rotatable bonds is 5. The van der Waals surface area contributed by atoms with Gasteiger partial charge in [0.05, 0.1) is 12.5 Å². The van der Waals surface area contributed by atoms with Gasteiger partial charge in [-0.15, -0.1) is 0 Å². The van der Waals surface area contributed by atoms with Gasteiger partial charge >= 0.3 is 0 Å². The van der Waals surface area contributed by atoms with Crippen molar-refractivity contribution in [2.24, 2.45) is 17.3 Å². The van der Waals surface area contributed by atoms with Crippen LogP contribution in [0.15, 0.2) is 30.0 Å². The number of hydrogen-bond acceptors (Lipinski definition) is 3. The molecule has 0 aromatic carbocycles. The third kappa shape index (κ3) is 3.26. The van der Waals surface area contributed by atoms with Crippen molar-refractivity contribution in [1.82, 2.24) is 4.98 Å². The predicted molar refractivity (Wildman–Crippen MR) is 84.2 cm³/mol. The second-order valence-corrected chi connectivity index (χ2v) is 6.35. The number of aromatic nitrogens is 1. The van der Waals surface area contributed by atoms with Crippen LogP contribution in [0.5, 0.6) is 5.88 Å². The smallest absolute Gasteiger partial charge is 0.237 e. The van der Waals surface area contributed by atoms with Gasteiger partial charge in [0.25, 0.3) is 0 Å². The molecule has 0 spiro atoms. The molecule has 4 heteroatoms. The number of ether oxygens (including phenoxy) is 1. The fraction of sp³-hybridized carbons (Fsp3) is 0.529. The van der Waals surface area contributed by atoms with Crippen LogP contribution >= 0.6 is 0 Å². The van der Waals surface area contributed by atoms with Crippen molar-refractivity contribution < 1.29 is 9.53 Å². The molecule has 1 amide bonds. The lowest BCUT2D eigenvalue weighted by Gasteiger charge is -2.10. The summed E-state index contributed by atoms with van der Waals surface area (Å²) in [5.74, 6) is 0.818. The van der Waals surface area contributed by atoms with Gasteiger partial charge in [-0.1, -0.05) is 25.5 Å². The standard InChI is InChI=1S/C17H24N2O2/c1-6-21-16-13(8-7-9-18-16)19-15(20)14-12(10-11(2)3)17(14,4)5/h7-10,12,14H,6H2,1-5H3,(H,19,20)/t12-,14-/m0/s1. The number of carbonyl (C=O) groups is 1. The third-order valence-electron chi connectivity index (χ3n) is 4.02. The predicted octanol–water partition coefficient (Wildman–Crippen LogP) is 3.66. The highest BCUT2D eigenvalue weighted by Gasteiger charge is 2.60. The first kappa shape index (κ1) is 15.5. The van der Waals surface area contributed by atoms with Gasteiger partial charge in [0.1, 0.15) is 5.69 Å². The molecule has 21 heavy (non-hydrogen) atoms. The number of carbonyl (C=O) groups excluding carboxylic acids is 1. The van der Waals surface area contributed by atoms with Crippen LogP contribution in [-0.4, -0.2) is 17.5 Å². The highest BCUT2D eigenvalue weighted by molar-refractivity contribution is 5.96. The highest BCUT2D eigenvalue weighted by Crippen LogP contribution is 2.59. The van der Waals surface area contributed by atoms with Crippen molar-refractivity contribution in [1.29, 1.82) is 0 Å². The topological polar surface area (TPSA) is 51.2 Å². The Bertz CT molecular complexity index is 560. The summed E-state index contributed by atoms with van der Waals surface area (Å²) in [6.45, 7) is 10.8. The van der Waals surface area contributed by atoms with E-state index in [1.165, 1.54) is 5.57 Å². The van der Waals surface area contributed by atoms with Gasteiger partial charge < -0.3 is 10.1 Å². The molecule has 0 bridgehead atoms. The van der Waals surface area contributed by atoms with Crippen LogP contribution in [0.2, 0.25) is 0 Å². The zero-order valence-electron chi connectivity index (χ0n) is 13.4. The molecule has 1 fully saturated rings. The number of nitrogens with one attached hydrogen (secondary N) is 1. The molecule has 1 aromatic rings. The summed E-state index contributed by atoms with van der Waals surface area (Å²) in [4.78, 5) is 16.7. The molecule has 2 rings (SSSR count). The molecule has 4 nitrogen and oxygen atoms in total. The van der Waals surface area contributed by atoms with E-state index in [4.69, 9.17) is 4.74 Å². The molecule has 1 aliphatic carbocycles. The molecule has 1 aromatic heterocycles. The lowest BCUT2D eigenvalue weighted by molar-refractivity contribution is -0.118. The average molecular weight is 288 g/mol. The van der Waals surface area contributed by atoms with Gasteiger partial charge in [-0.3, -0.25) is 4.79 Å². The summed E-state index contributed by atoms with van der Waals surface area (Å²) in [5.41, 5.74) is 1.90. The number of pyridine rings is 1. The fourth-order valence-electron chi connectivity index (χ4n) is 2.80. The molecular formula is C17H24N2O2. The minimum absolute atomic E-state index is 0.00193. The molecule has 0 radical (unpaired) electrons. The summed E-state index contributed by atoms with van der Waals surface area (Å²) >= 11 is 0. The molecule has 1 heterocycles. The fourth-order valence-corrected chi connectivity index (χ4v) is 2.80. The lowest BCUT2D eigenvalue weighted by Crippen LogP contribution is -2.17. The number of nitrogens with zero attached hydrogens (tertiary/aromatic N) is 1. The minimum atomic E-state index is 0.00193. The Labute approximate surface area is 126 Å². The van der Waals surface area contributed by atoms with E-state index in [1.54, 1.807) is 12.3 Å². The Hall–Kier alpha value is -1.84. The summed E-state index contributed by atoms with van der Waals surface area (Å²) in [7, 11) is 0. The number of anilines is 1. The molecule has 2 atom stereocenters. The van der Waals surface area contributed by atoms with Crippen LogP contribution in [0.1, 0.15) is 34.6 Å². The van der Waals surface area contributed by atoms with Crippen LogP contribution in [0, 0.1) is 17.3 Å². The van der Waals surface area contributed by atoms with Gasteiger partial charge in [0.2, 0.25) is 11.8 Å². The third-order valence-corrected chi connectivity index (χ3v) is 4.02. The minimum Gasteiger partial charge on any atom is -0.476 e. The first-order valence-electron chi connectivity index (χ1n) is 7.41. The molecule has 1 aliphatic rings. The van der Waals surface area contributed by atoms with E-state index in [9.17, 15) is 4.79 Å². The monoisotopic (exact) mass is 288 g/mol. The second-order valence-electron chi connectivity index (χ2n) is 6.35. The molecular weight excluding hydrogens is 264 g/mol. The van der Waals surface area contributed by atoms with Gasteiger partial charge in [-0.05, 0) is 44.2 Å². The molecule has 1 saturated carbocycles. The largest absolute Gasteiger partial charge is 0.476 e. The van der Waals surface area contributed by atoms with E-state index >= 15 is 0 Å². The summed E-state index contributed by atoms with van der Waals surface area (Å²) < 4.78 is 5.44. The maximum Gasteiger partial charge on any atom is 0.237 e. The molecule has 114 valence electrons. The van der Waals surface area contributed by atoms with E-state index in [0.29, 0.717) is 24.1 Å². The first-order valence-corrected chi connectivity index (χ1v) is 7.41. The maximum absolute atomic E-state index is 12.5. The van der Waals surface area contributed by atoms with Crippen LogP contribution < -0.4 is 10.1 Å². The van der Waals surface area contributed by atoms with Crippen LogP contribution in [-0.2, 0) is 4.79 Å². The van der Waals surface area contributed by atoms with Crippen molar-refractivity contribution in [3.8, 4) is 5.88 Å². The van der Waals surface area contributed by atoms with E-state index in [-0.39, 0.29) is 17.2 Å². The number of hydrogen-bond donors (Lipinski definition) is 1. The lowest BCUT2D eigenvalue weighted by atomic mass is 10.1. The second kappa shape index (κ2) is 5.88. The molecule has 1 N–H and O–H groups in total. The molecule has 0 saturated heterocycles. The van der Waals surface area contributed by atoms with E-state index in [0.717, 1.165) is 0 Å². The van der Waals surface area contributed by atoms with Crippen molar-refractivity contribution in [2.75, 3.05) is 11.9 Å².